The van der Waals surface area contributed by atoms with E-state index < -0.39 is 0 Å². The second kappa shape index (κ2) is 8.28. The number of nitrogens with one attached hydrogen (secondary N) is 1. The summed E-state index contributed by atoms with van der Waals surface area (Å²) in [6, 6.07) is 31.8. The third kappa shape index (κ3) is 4.23. The van der Waals surface area contributed by atoms with Crippen LogP contribution in [0.2, 0.25) is 0 Å². The predicted octanol–water partition coefficient (Wildman–Crippen LogP) is 6.28. The fourth-order valence-corrected chi connectivity index (χ4v) is 3.62. The van der Waals surface area contributed by atoms with E-state index in [4.69, 9.17) is 0 Å². The van der Waals surface area contributed by atoms with E-state index in [-0.39, 0.29) is 5.75 Å². The van der Waals surface area contributed by atoms with Gasteiger partial charge in [0.15, 0.2) is 0 Å². The average molecular weight is 403 g/mol. The first-order chi connectivity index (χ1) is 15.2. The number of aromatic hydroxyl groups is 1. The quantitative estimate of drug-likeness (QED) is 0.339. The molecule has 0 spiro atoms. The summed E-state index contributed by atoms with van der Waals surface area (Å²) in [5.74, 6) is 1.03. The van der Waals surface area contributed by atoms with Crippen molar-refractivity contribution in [3.63, 3.8) is 0 Å². The number of aromatic amines is 1. The van der Waals surface area contributed by atoms with Gasteiger partial charge in [0, 0.05) is 17.3 Å². The first-order valence-corrected chi connectivity index (χ1v) is 10.2. The molecule has 4 nitrogen and oxygen atoms in total. The molecular weight excluding hydrogens is 382 g/mol. The van der Waals surface area contributed by atoms with Crippen molar-refractivity contribution in [1.29, 1.82) is 0 Å². The van der Waals surface area contributed by atoms with Crippen LogP contribution in [0.1, 0.15) is 16.7 Å². The Labute approximate surface area is 180 Å². The Kier molecular flexibility index (Phi) is 5.03. The van der Waals surface area contributed by atoms with E-state index in [9.17, 15) is 5.11 Å². The summed E-state index contributed by atoms with van der Waals surface area (Å²) in [6.45, 7) is 0. The van der Waals surface area contributed by atoms with E-state index in [0.29, 0.717) is 5.56 Å². The number of aromatic nitrogens is 2. The predicted molar refractivity (Wildman–Crippen MR) is 126 cm³/mol. The highest BCUT2D eigenvalue weighted by molar-refractivity contribution is 5.86. The molecule has 5 rings (SSSR count). The summed E-state index contributed by atoms with van der Waals surface area (Å²) in [5.41, 5.74) is 6.76. The van der Waals surface area contributed by atoms with E-state index >= 15 is 0 Å². The molecular formula is C27H21N3O. The normalized spacial score (nSPS) is 11.4. The van der Waals surface area contributed by atoms with E-state index in [1.807, 2.05) is 78.9 Å². The zero-order chi connectivity index (χ0) is 21.0. The van der Waals surface area contributed by atoms with Gasteiger partial charge in [-0.3, -0.25) is 4.99 Å². The summed E-state index contributed by atoms with van der Waals surface area (Å²) in [6.07, 6.45) is 2.52. The molecule has 0 saturated carbocycles. The van der Waals surface area contributed by atoms with Crippen molar-refractivity contribution in [2.24, 2.45) is 4.99 Å². The van der Waals surface area contributed by atoms with Crippen LogP contribution >= 0.6 is 0 Å². The molecule has 1 aromatic heterocycles. The third-order valence-corrected chi connectivity index (χ3v) is 5.20. The van der Waals surface area contributed by atoms with Crippen LogP contribution in [0, 0.1) is 0 Å². The largest absolute Gasteiger partial charge is 0.507 e. The lowest BCUT2D eigenvalue weighted by molar-refractivity contribution is 0.474. The highest BCUT2D eigenvalue weighted by atomic mass is 16.3. The first kappa shape index (κ1) is 18.8. The lowest BCUT2D eigenvalue weighted by Gasteiger charge is -2.05. The molecule has 0 fully saturated rings. The molecule has 0 atom stereocenters. The molecule has 0 aliphatic heterocycles. The molecule has 5 aromatic rings. The van der Waals surface area contributed by atoms with Gasteiger partial charge in [-0.15, -0.1) is 0 Å². The summed E-state index contributed by atoms with van der Waals surface area (Å²) in [4.78, 5) is 12.6. The van der Waals surface area contributed by atoms with E-state index in [0.717, 1.165) is 40.1 Å². The van der Waals surface area contributed by atoms with Crippen molar-refractivity contribution in [3.8, 4) is 17.1 Å². The molecule has 0 saturated heterocycles. The molecule has 0 aliphatic carbocycles. The number of fused-ring (bicyclic) bond motifs is 1. The minimum atomic E-state index is 0.217. The standard InChI is InChI=1S/C27H21N3O/c31-26-14-13-20(15-19-7-2-1-3-8-19)16-22(26)18-28-23-10-6-9-21(17-23)27-29-24-11-4-5-12-25(24)30-27/h1-14,16-18,31H,15H2,(H,29,30). The Hall–Kier alpha value is -4.18. The van der Waals surface area contributed by atoms with Gasteiger partial charge in [0.1, 0.15) is 11.6 Å². The number of phenols is 1. The average Bonchev–Trinajstić information content (AvgIpc) is 3.25. The Morgan fingerprint density at radius 2 is 1.65 bits per heavy atom. The number of H-pyrrole nitrogens is 1. The SMILES string of the molecule is Oc1ccc(Cc2ccccc2)cc1C=Nc1cccc(-c2nc3ccccc3[nH]2)c1. The molecule has 0 radical (unpaired) electrons. The van der Waals surface area contributed by atoms with Crippen molar-refractivity contribution in [1.82, 2.24) is 9.97 Å². The van der Waals surface area contributed by atoms with E-state index in [1.165, 1.54) is 5.56 Å². The summed E-state index contributed by atoms with van der Waals surface area (Å²) < 4.78 is 0. The van der Waals surface area contributed by atoms with Crippen molar-refractivity contribution < 1.29 is 5.11 Å². The van der Waals surface area contributed by atoms with Gasteiger partial charge < -0.3 is 10.1 Å². The molecule has 150 valence electrons. The Bertz CT molecular complexity index is 1340. The summed E-state index contributed by atoms with van der Waals surface area (Å²) in [7, 11) is 0. The second-order valence-electron chi connectivity index (χ2n) is 7.47. The fraction of sp³-hybridized carbons (Fsp3) is 0.0370. The fourth-order valence-electron chi connectivity index (χ4n) is 3.62. The maximum atomic E-state index is 10.3. The minimum Gasteiger partial charge on any atom is -0.507 e. The monoisotopic (exact) mass is 403 g/mol. The Balaban J connectivity index is 1.40. The Morgan fingerprint density at radius 3 is 2.52 bits per heavy atom. The van der Waals surface area contributed by atoms with Gasteiger partial charge in [-0.2, -0.15) is 0 Å². The molecule has 0 amide bonds. The molecule has 0 aliphatic rings. The second-order valence-corrected chi connectivity index (χ2v) is 7.47. The van der Waals surface area contributed by atoms with Gasteiger partial charge in [-0.05, 0) is 53.9 Å². The number of para-hydroxylation sites is 2. The molecule has 4 aromatic carbocycles. The number of hydrogen-bond acceptors (Lipinski definition) is 3. The number of imidazole rings is 1. The number of nitrogens with zero attached hydrogens (tertiary/aromatic N) is 2. The maximum Gasteiger partial charge on any atom is 0.138 e. The molecule has 4 heteroatoms. The molecule has 0 bridgehead atoms. The van der Waals surface area contributed by atoms with Crippen molar-refractivity contribution in [2.45, 2.75) is 6.42 Å². The van der Waals surface area contributed by atoms with Gasteiger partial charge >= 0.3 is 0 Å². The van der Waals surface area contributed by atoms with Gasteiger partial charge in [-0.1, -0.05) is 60.7 Å². The summed E-state index contributed by atoms with van der Waals surface area (Å²) in [5, 5.41) is 10.3. The van der Waals surface area contributed by atoms with Crippen LogP contribution in [0.15, 0.2) is 102 Å². The maximum absolute atomic E-state index is 10.3. The smallest absolute Gasteiger partial charge is 0.138 e. The molecule has 0 unspecified atom stereocenters. The Morgan fingerprint density at radius 1 is 0.806 bits per heavy atom. The zero-order valence-electron chi connectivity index (χ0n) is 16.9. The number of hydrogen-bond donors (Lipinski definition) is 2. The first-order valence-electron chi connectivity index (χ1n) is 10.2. The van der Waals surface area contributed by atoms with Crippen molar-refractivity contribution in [2.75, 3.05) is 0 Å². The van der Waals surface area contributed by atoms with Crippen LogP contribution < -0.4 is 0 Å². The van der Waals surface area contributed by atoms with Crippen LogP contribution in [0.25, 0.3) is 22.4 Å². The molecule has 1 heterocycles. The van der Waals surface area contributed by atoms with Crippen molar-refractivity contribution >= 4 is 22.9 Å². The lowest BCUT2D eigenvalue weighted by Crippen LogP contribution is -1.91. The van der Waals surface area contributed by atoms with Crippen LogP contribution in [0.3, 0.4) is 0 Å². The molecule has 31 heavy (non-hydrogen) atoms. The topological polar surface area (TPSA) is 61.3 Å². The van der Waals surface area contributed by atoms with Gasteiger partial charge in [0.25, 0.3) is 0 Å². The highest BCUT2D eigenvalue weighted by Crippen LogP contribution is 2.25. The van der Waals surface area contributed by atoms with E-state index in [1.54, 1.807) is 12.3 Å². The number of benzene rings is 4. The minimum absolute atomic E-state index is 0.217. The van der Waals surface area contributed by atoms with Crippen LogP contribution in [-0.4, -0.2) is 21.3 Å². The lowest BCUT2D eigenvalue weighted by atomic mass is 10.0. The van der Waals surface area contributed by atoms with Gasteiger partial charge in [-0.25, -0.2) is 4.98 Å². The van der Waals surface area contributed by atoms with Crippen molar-refractivity contribution in [3.05, 3.63) is 114 Å². The highest BCUT2D eigenvalue weighted by Gasteiger charge is 2.06. The van der Waals surface area contributed by atoms with E-state index in [2.05, 4.69) is 27.1 Å². The van der Waals surface area contributed by atoms with Crippen LogP contribution in [-0.2, 0) is 6.42 Å². The van der Waals surface area contributed by atoms with Crippen LogP contribution in [0.4, 0.5) is 5.69 Å². The molecule has 2 N–H and O–H groups in total. The number of aliphatic imine (C=N–C) groups is 1. The number of rotatable bonds is 5. The van der Waals surface area contributed by atoms with Gasteiger partial charge in [0.2, 0.25) is 0 Å². The summed E-state index contributed by atoms with van der Waals surface area (Å²) >= 11 is 0. The number of phenolic OH excluding ortho intramolecular Hbond substituents is 1. The van der Waals surface area contributed by atoms with Gasteiger partial charge in [0.05, 0.1) is 16.7 Å². The van der Waals surface area contributed by atoms with Crippen LogP contribution in [0.5, 0.6) is 5.75 Å². The zero-order valence-corrected chi connectivity index (χ0v) is 16.9. The third-order valence-electron chi connectivity index (χ3n) is 5.20.